The van der Waals surface area contributed by atoms with Crippen molar-refractivity contribution in [2.75, 3.05) is 49.5 Å². The van der Waals surface area contributed by atoms with Crippen LogP contribution in [0.25, 0.3) is 0 Å². The van der Waals surface area contributed by atoms with E-state index in [1.54, 1.807) is 36.5 Å². The van der Waals surface area contributed by atoms with E-state index in [2.05, 4.69) is 35.1 Å². The van der Waals surface area contributed by atoms with E-state index in [4.69, 9.17) is 21.4 Å². The van der Waals surface area contributed by atoms with Gasteiger partial charge in [0.1, 0.15) is 23.1 Å². The first-order chi connectivity index (χ1) is 15.1. The number of aliphatic hydroxyl groups excluding tert-OH is 1. The largest absolute Gasteiger partial charge is 0.456 e. The molecule has 3 aromatic rings. The first-order valence-electron chi connectivity index (χ1n) is 10.1. The number of rotatable bonds is 7. The second-order valence-corrected chi connectivity index (χ2v) is 7.56. The van der Waals surface area contributed by atoms with Crippen molar-refractivity contribution < 1.29 is 9.84 Å². The zero-order valence-electron chi connectivity index (χ0n) is 17.2. The summed E-state index contributed by atoms with van der Waals surface area (Å²) in [5.41, 5.74) is 0. The number of benzene rings is 1. The Morgan fingerprint density at radius 3 is 2.42 bits per heavy atom. The normalized spacial score (nSPS) is 14.5. The summed E-state index contributed by atoms with van der Waals surface area (Å²) in [6.45, 7) is 6.05. The van der Waals surface area contributed by atoms with Gasteiger partial charge in [-0.05, 0) is 43.3 Å². The van der Waals surface area contributed by atoms with Crippen molar-refractivity contribution in [2.45, 2.75) is 6.92 Å². The van der Waals surface area contributed by atoms with E-state index in [1.165, 1.54) is 0 Å². The van der Waals surface area contributed by atoms with E-state index in [-0.39, 0.29) is 6.61 Å². The fraction of sp³-hybridized carbons (Fsp3) is 0.333. The van der Waals surface area contributed by atoms with Gasteiger partial charge in [0.25, 0.3) is 0 Å². The average Bonchev–Trinajstić information content (AvgIpc) is 2.77. The molecule has 0 amide bonds. The molecule has 3 heterocycles. The van der Waals surface area contributed by atoms with Crippen molar-refractivity contribution in [3.8, 4) is 11.5 Å². The molecule has 31 heavy (non-hydrogen) atoms. The molecule has 2 aromatic heterocycles. The van der Waals surface area contributed by atoms with Crippen LogP contribution >= 0.6 is 11.6 Å². The van der Waals surface area contributed by atoms with Crippen LogP contribution in [0.3, 0.4) is 0 Å². The number of hydrogen-bond donors (Lipinski definition) is 2. The van der Waals surface area contributed by atoms with Crippen LogP contribution in [0, 0.1) is 6.92 Å². The molecular formula is C21H24ClN7O2. The maximum Gasteiger partial charge on any atom is 0.233 e. The summed E-state index contributed by atoms with van der Waals surface area (Å²) in [7, 11) is 0. The van der Waals surface area contributed by atoms with Gasteiger partial charge in [0, 0.05) is 37.7 Å². The molecular weight excluding hydrogens is 418 g/mol. The number of aliphatic hydroxyl groups is 1. The number of hydrogen-bond acceptors (Lipinski definition) is 9. The first kappa shape index (κ1) is 21.2. The van der Waals surface area contributed by atoms with E-state index in [0.29, 0.717) is 46.6 Å². The molecule has 162 valence electrons. The Labute approximate surface area is 185 Å². The predicted octanol–water partition coefficient (Wildman–Crippen LogP) is 2.88. The minimum Gasteiger partial charge on any atom is -0.456 e. The number of nitrogens with one attached hydrogen (secondary N) is 1. The van der Waals surface area contributed by atoms with Crippen LogP contribution in [0.15, 0.2) is 42.6 Å². The van der Waals surface area contributed by atoms with Crippen LogP contribution in [-0.2, 0) is 0 Å². The smallest absolute Gasteiger partial charge is 0.233 e. The Kier molecular flexibility index (Phi) is 6.76. The maximum atomic E-state index is 9.10. The Morgan fingerprint density at radius 2 is 1.74 bits per heavy atom. The number of piperazine rings is 1. The predicted molar refractivity (Wildman–Crippen MR) is 119 cm³/mol. The number of nitrogens with zero attached hydrogens (tertiary/aromatic N) is 6. The Balaban J connectivity index is 1.40. The van der Waals surface area contributed by atoms with Gasteiger partial charge in [-0.2, -0.15) is 15.0 Å². The van der Waals surface area contributed by atoms with Gasteiger partial charge in [0.2, 0.25) is 11.9 Å². The van der Waals surface area contributed by atoms with Gasteiger partial charge in [-0.3, -0.25) is 4.90 Å². The molecule has 0 aliphatic carbocycles. The van der Waals surface area contributed by atoms with Gasteiger partial charge >= 0.3 is 0 Å². The lowest BCUT2D eigenvalue weighted by Gasteiger charge is -2.34. The number of halogens is 1. The lowest BCUT2D eigenvalue weighted by Crippen LogP contribution is -2.47. The summed E-state index contributed by atoms with van der Waals surface area (Å²) >= 11 is 5.90. The van der Waals surface area contributed by atoms with Gasteiger partial charge in [-0.15, -0.1) is 0 Å². The monoisotopic (exact) mass is 441 g/mol. The molecule has 4 rings (SSSR count). The highest BCUT2D eigenvalue weighted by Gasteiger charge is 2.19. The molecule has 0 saturated carbocycles. The van der Waals surface area contributed by atoms with Crippen LogP contribution in [-0.4, -0.2) is 69.3 Å². The molecule has 1 aromatic carbocycles. The third-order valence-electron chi connectivity index (χ3n) is 4.83. The van der Waals surface area contributed by atoms with E-state index in [0.717, 1.165) is 26.2 Å². The van der Waals surface area contributed by atoms with E-state index in [9.17, 15) is 0 Å². The SMILES string of the molecule is Cc1nc(Nc2ccc(Oc3ccc(Cl)cc3)cn2)nc(N2CCN(CCO)CC2)n1. The highest BCUT2D eigenvalue weighted by Crippen LogP contribution is 2.24. The van der Waals surface area contributed by atoms with Crippen molar-refractivity contribution in [3.05, 3.63) is 53.4 Å². The molecule has 1 aliphatic rings. The molecule has 0 spiro atoms. The molecule has 9 nitrogen and oxygen atoms in total. The third kappa shape index (κ3) is 5.78. The second kappa shape index (κ2) is 9.86. The van der Waals surface area contributed by atoms with Crippen molar-refractivity contribution >= 4 is 29.3 Å². The third-order valence-corrected chi connectivity index (χ3v) is 5.08. The molecule has 0 unspecified atom stereocenters. The van der Waals surface area contributed by atoms with Crippen molar-refractivity contribution in [1.29, 1.82) is 0 Å². The molecule has 0 radical (unpaired) electrons. The molecule has 0 bridgehead atoms. The molecule has 1 fully saturated rings. The minimum absolute atomic E-state index is 0.176. The van der Waals surface area contributed by atoms with Crippen molar-refractivity contribution in [1.82, 2.24) is 24.8 Å². The quantitative estimate of drug-likeness (QED) is 0.573. The van der Waals surface area contributed by atoms with E-state index in [1.807, 2.05) is 13.0 Å². The second-order valence-electron chi connectivity index (χ2n) is 7.12. The number of β-amino-alcohol motifs (C(OH)–C–C–N with tert-alkyl or cyclic N) is 1. The summed E-state index contributed by atoms with van der Waals surface area (Å²) in [4.78, 5) is 22.2. The van der Waals surface area contributed by atoms with Gasteiger partial charge in [-0.1, -0.05) is 11.6 Å². The van der Waals surface area contributed by atoms with Gasteiger partial charge < -0.3 is 20.1 Å². The fourth-order valence-electron chi connectivity index (χ4n) is 3.25. The summed E-state index contributed by atoms with van der Waals surface area (Å²) in [5.74, 6) is 3.62. The topological polar surface area (TPSA) is 99.5 Å². The van der Waals surface area contributed by atoms with E-state index >= 15 is 0 Å². The lowest BCUT2D eigenvalue weighted by molar-refractivity contribution is 0.188. The zero-order chi connectivity index (χ0) is 21.6. The molecule has 2 N–H and O–H groups in total. The summed E-state index contributed by atoms with van der Waals surface area (Å²) in [6, 6.07) is 10.8. The van der Waals surface area contributed by atoms with Gasteiger partial charge in [0.05, 0.1) is 12.8 Å². The lowest BCUT2D eigenvalue weighted by atomic mass is 10.3. The summed E-state index contributed by atoms with van der Waals surface area (Å²) < 4.78 is 5.77. The standard InChI is InChI=1S/C21H24ClN7O2/c1-15-24-20(27-21(25-15)29-10-8-28(9-11-29)12-13-30)26-19-7-6-18(14-23-19)31-17-4-2-16(22)3-5-17/h2-7,14,30H,8-13H2,1H3,(H,23,24,25,26,27). The Morgan fingerprint density at radius 1 is 1.00 bits per heavy atom. The number of anilines is 3. The van der Waals surface area contributed by atoms with Gasteiger partial charge in [-0.25, -0.2) is 4.98 Å². The number of pyridine rings is 1. The summed E-state index contributed by atoms with van der Waals surface area (Å²) in [5, 5.41) is 12.9. The van der Waals surface area contributed by atoms with E-state index < -0.39 is 0 Å². The maximum absolute atomic E-state index is 9.10. The number of ether oxygens (including phenoxy) is 1. The Hall–Kier alpha value is -3.01. The Bertz CT molecular complexity index is 994. The molecule has 1 aliphatic heterocycles. The van der Waals surface area contributed by atoms with Crippen LogP contribution in [0.2, 0.25) is 5.02 Å². The summed E-state index contributed by atoms with van der Waals surface area (Å²) in [6.07, 6.45) is 1.63. The van der Waals surface area contributed by atoms with Gasteiger partial charge in [0.15, 0.2) is 0 Å². The molecule has 10 heteroatoms. The van der Waals surface area contributed by atoms with Crippen LogP contribution in [0.4, 0.5) is 17.7 Å². The highest BCUT2D eigenvalue weighted by molar-refractivity contribution is 6.30. The van der Waals surface area contributed by atoms with Crippen LogP contribution in [0.1, 0.15) is 5.82 Å². The fourth-order valence-corrected chi connectivity index (χ4v) is 3.37. The highest BCUT2D eigenvalue weighted by atomic mass is 35.5. The first-order valence-corrected chi connectivity index (χ1v) is 10.4. The molecule has 1 saturated heterocycles. The van der Waals surface area contributed by atoms with Crippen molar-refractivity contribution in [3.63, 3.8) is 0 Å². The molecule has 0 atom stereocenters. The zero-order valence-corrected chi connectivity index (χ0v) is 18.0. The van der Waals surface area contributed by atoms with Crippen LogP contribution in [0.5, 0.6) is 11.5 Å². The number of aryl methyl sites for hydroxylation is 1. The van der Waals surface area contributed by atoms with Crippen molar-refractivity contribution in [2.24, 2.45) is 0 Å². The number of aromatic nitrogens is 4. The average molecular weight is 442 g/mol. The van der Waals surface area contributed by atoms with Crippen LogP contribution < -0.4 is 15.0 Å². The minimum atomic E-state index is 0.176.